The number of alkyl halides is 3. The Bertz CT molecular complexity index is 1960. The summed E-state index contributed by atoms with van der Waals surface area (Å²) < 4.78 is 88.3. The molecular formula is C40H52Cl3NO26. The Hall–Kier alpha value is -5.16. The van der Waals surface area contributed by atoms with Crippen molar-refractivity contribution in [3.63, 3.8) is 0 Å². The van der Waals surface area contributed by atoms with E-state index in [-0.39, 0.29) is 0 Å². The Morgan fingerprint density at radius 2 is 0.600 bits per heavy atom. The van der Waals surface area contributed by atoms with E-state index in [2.05, 4.69) is 0 Å². The number of esters is 10. The van der Waals surface area contributed by atoms with Crippen LogP contribution in [0.4, 0.5) is 0 Å². The second kappa shape index (κ2) is 26.3. The number of nitrogens with one attached hydrogen (secondary N) is 1. The van der Waals surface area contributed by atoms with E-state index in [0.717, 1.165) is 69.2 Å². The molecule has 3 rings (SSSR count). The first kappa shape index (κ1) is 59.2. The summed E-state index contributed by atoms with van der Waals surface area (Å²) >= 11 is 17.5. The summed E-state index contributed by atoms with van der Waals surface area (Å²) in [6.45, 7) is 7.28. The van der Waals surface area contributed by atoms with Crippen LogP contribution in [-0.4, -0.2) is 181 Å². The number of rotatable bonds is 18. The summed E-state index contributed by atoms with van der Waals surface area (Å²) in [5.41, 5.74) is 0. The third-order valence-electron chi connectivity index (χ3n) is 9.31. The molecule has 15 atom stereocenters. The van der Waals surface area contributed by atoms with Crippen molar-refractivity contribution in [1.29, 1.82) is 5.41 Å². The first-order valence-electron chi connectivity index (χ1n) is 20.7. The van der Waals surface area contributed by atoms with Gasteiger partial charge in [-0.2, -0.15) is 0 Å². The predicted molar refractivity (Wildman–Crippen MR) is 224 cm³/mol. The minimum atomic E-state index is -2.54. The Kier molecular flexibility index (Phi) is 22.3. The molecule has 70 heavy (non-hydrogen) atoms. The highest BCUT2D eigenvalue weighted by Gasteiger charge is 2.60. The van der Waals surface area contributed by atoms with Crippen LogP contribution in [0.5, 0.6) is 0 Å². The highest BCUT2D eigenvalue weighted by atomic mass is 35.6. The first-order chi connectivity index (χ1) is 32.5. The van der Waals surface area contributed by atoms with Crippen LogP contribution >= 0.6 is 34.8 Å². The Labute approximate surface area is 413 Å². The molecule has 1 N–H and O–H groups in total. The summed E-state index contributed by atoms with van der Waals surface area (Å²) in [4.78, 5) is 125. The predicted octanol–water partition coefficient (Wildman–Crippen LogP) is 0.507. The van der Waals surface area contributed by atoms with Crippen molar-refractivity contribution in [1.82, 2.24) is 0 Å². The maximum atomic E-state index is 13.0. The molecule has 3 aliphatic heterocycles. The first-order valence-corrected chi connectivity index (χ1v) is 21.8. The van der Waals surface area contributed by atoms with Gasteiger partial charge >= 0.3 is 59.7 Å². The minimum Gasteiger partial charge on any atom is -0.463 e. The lowest BCUT2D eigenvalue weighted by molar-refractivity contribution is -0.378. The van der Waals surface area contributed by atoms with Crippen molar-refractivity contribution < 1.29 is 124 Å². The van der Waals surface area contributed by atoms with Crippen LogP contribution in [0.2, 0.25) is 0 Å². The van der Waals surface area contributed by atoms with E-state index in [1.165, 1.54) is 0 Å². The number of ether oxygens (including phenoxy) is 16. The molecule has 0 aliphatic carbocycles. The molecule has 0 aromatic heterocycles. The van der Waals surface area contributed by atoms with Gasteiger partial charge in [-0.3, -0.25) is 53.4 Å². The van der Waals surface area contributed by atoms with E-state index in [1.54, 1.807) is 0 Å². The topological polar surface area (TPSA) is 342 Å². The third kappa shape index (κ3) is 17.9. The lowest BCUT2D eigenvalue weighted by Gasteiger charge is -2.50. The standard InChI is InChI=1S/C40H52Cl3NO26/c1-14(45)55-11-24-27(58-17(4)48)30(59-18(5)49)33(62-21(8)52)36(65-24)68-28-25(12-56-15(2)46)66-37(34(63-22(9)53)31(28)60-19(6)50)69-29-26(13-57-16(3)47)67-38(70-39(44)40(41,42)43)35(64-23(10)54)32(29)61-20(7)51/h24-38,44H,11-13H2,1-10H3/t24-,25-,26-,27+,28+,29-,30+,31+,32+,33-,34-,35-,36+,37+,38?/m1/s1. The summed E-state index contributed by atoms with van der Waals surface area (Å²) in [7, 11) is 0. The van der Waals surface area contributed by atoms with Crippen LogP contribution in [0.3, 0.4) is 0 Å². The number of hydrogen-bond acceptors (Lipinski definition) is 27. The molecule has 0 radical (unpaired) electrons. The monoisotopic (exact) mass is 1070 g/mol. The molecule has 0 bridgehead atoms. The average molecular weight is 1070 g/mol. The molecule has 3 fully saturated rings. The van der Waals surface area contributed by atoms with E-state index in [9.17, 15) is 47.9 Å². The highest BCUT2D eigenvalue weighted by Crippen LogP contribution is 2.39. The van der Waals surface area contributed by atoms with Crippen molar-refractivity contribution in [2.75, 3.05) is 19.8 Å². The van der Waals surface area contributed by atoms with Crippen molar-refractivity contribution in [2.45, 2.75) is 165 Å². The second-order valence-corrected chi connectivity index (χ2v) is 17.5. The van der Waals surface area contributed by atoms with E-state index in [1.807, 2.05) is 0 Å². The van der Waals surface area contributed by atoms with Gasteiger partial charge in [0.15, 0.2) is 49.2 Å². The number of carbonyl (C=O) groups excluding carboxylic acids is 10. The van der Waals surface area contributed by atoms with E-state index in [4.69, 9.17) is 116 Å². The van der Waals surface area contributed by atoms with Crippen LogP contribution in [0.1, 0.15) is 69.2 Å². The van der Waals surface area contributed by atoms with E-state index in [0.29, 0.717) is 0 Å². The molecule has 3 saturated heterocycles. The fourth-order valence-corrected chi connectivity index (χ4v) is 7.17. The maximum absolute atomic E-state index is 13.0. The van der Waals surface area contributed by atoms with Crippen LogP contribution in [0.25, 0.3) is 0 Å². The summed E-state index contributed by atoms with van der Waals surface area (Å²) in [6.07, 6.45) is -28.2. The zero-order valence-corrected chi connectivity index (χ0v) is 41.3. The molecule has 0 saturated carbocycles. The van der Waals surface area contributed by atoms with Gasteiger partial charge in [0, 0.05) is 69.2 Å². The van der Waals surface area contributed by atoms with E-state index >= 15 is 0 Å². The molecule has 30 heteroatoms. The van der Waals surface area contributed by atoms with Gasteiger partial charge in [0.1, 0.15) is 50.3 Å². The lowest BCUT2D eigenvalue weighted by Crippen LogP contribution is -2.69. The molecule has 0 spiro atoms. The van der Waals surface area contributed by atoms with Gasteiger partial charge in [0.25, 0.3) is 3.79 Å². The van der Waals surface area contributed by atoms with Crippen LogP contribution in [0.15, 0.2) is 0 Å². The molecule has 0 aromatic rings. The van der Waals surface area contributed by atoms with Crippen molar-refractivity contribution in [2.24, 2.45) is 0 Å². The van der Waals surface area contributed by atoms with Crippen molar-refractivity contribution in [3.8, 4) is 0 Å². The molecule has 3 aliphatic rings. The summed E-state index contributed by atoms with van der Waals surface area (Å²) in [6, 6.07) is 0. The summed E-state index contributed by atoms with van der Waals surface area (Å²) in [5, 5.41) is 8.18. The molecule has 27 nitrogen and oxygen atoms in total. The fraction of sp³-hybridized carbons (Fsp3) is 0.725. The largest absolute Gasteiger partial charge is 0.463 e. The van der Waals surface area contributed by atoms with Crippen LogP contribution < -0.4 is 0 Å². The van der Waals surface area contributed by atoms with E-state index < -0.39 is 181 Å². The smallest absolute Gasteiger partial charge is 0.303 e. The summed E-state index contributed by atoms with van der Waals surface area (Å²) in [5.74, 6) is -11.1. The molecule has 1 unspecified atom stereocenters. The Morgan fingerprint density at radius 3 is 0.886 bits per heavy atom. The Morgan fingerprint density at radius 1 is 0.357 bits per heavy atom. The van der Waals surface area contributed by atoms with Gasteiger partial charge in [-0.1, -0.05) is 34.8 Å². The second-order valence-electron chi connectivity index (χ2n) is 15.2. The Balaban J connectivity index is 2.32. The minimum absolute atomic E-state index is 0.706. The molecule has 394 valence electrons. The molecule has 3 heterocycles. The van der Waals surface area contributed by atoms with Crippen molar-refractivity contribution >= 4 is 100 Å². The molecular weight excluding hydrogens is 1020 g/mol. The SMILES string of the molecule is CC(=O)OC[C@H]1O[C@@H](O[C@@H]2[C@H](OC(C)=O)[C@@H](OC(C)=O)[C@H](O[C@H]3[C@H](OC(C)=O)[C@@H](OC(C)=O)C(OC(=N)C(Cl)(Cl)Cl)O[C@@H]3COC(C)=O)O[C@@H]2COC(C)=O)[C@H](OC(C)=O)[C@@H](OC(C)=O)[C@H]1OC(C)=O. The average Bonchev–Trinajstić information content (AvgIpc) is 3.20. The zero-order chi connectivity index (χ0) is 52.9. The number of carbonyl (C=O) groups is 10. The van der Waals surface area contributed by atoms with Crippen LogP contribution in [-0.2, 0) is 124 Å². The van der Waals surface area contributed by atoms with Gasteiger partial charge in [0.2, 0.25) is 18.3 Å². The van der Waals surface area contributed by atoms with Gasteiger partial charge in [-0.25, -0.2) is 0 Å². The number of halogens is 3. The lowest BCUT2D eigenvalue weighted by atomic mass is 9.95. The van der Waals surface area contributed by atoms with Crippen LogP contribution in [0, 0.1) is 5.41 Å². The molecule has 0 amide bonds. The molecule has 0 aromatic carbocycles. The maximum Gasteiger partial charge on any atom is 0.303 e. The van der Waals surface area contributed by atoms with Crippen molar-refractivity contribution in [3.05, 3.63) is 0 Å². The highest BCUT2D eigenvalue weighted by molar-refractivity contribution is 6.76. The fourth-order valence-electron chi connectivity index (χ4n) is 7.03. The van der Waals surface area contributed by atoms with Gasteiger partial charge < -0.3 is 75.8 Å². The normalized spacial score (nSPS) is 30.7. The number of hydrogen-bond donors (Lipinski definition) is 1. The van der Waals surface area contributed by atoms with Gasteiger partial charge in [0.05, 0.1) is 0 Å². The van der Waals surface area contributed by atoms with Gasteiger partial charge in [-0.15, -0.1) is 0 Å². The third-order valence-corrected chi connectivity index (χ3v) is 9.83. The zero-order valence-electron chi connectivity index (χ0n) is 39.0. The quantitative estimate of drug-likeness (QED) is 0.0642. The van der Waals surface area contributed by atoms with Gasteiger partial charge in [-0.05, 0) is 0 Å².